The molecule has 3 nitrogen and oxygen atoms in total. The van der Waals surface area contributed by atoms with Crippen LogP contribution < -0.4 is 15.4 Å². The lowest BCUT2D eigenvalue weighted by atomic mass is 9.92. The number of rotatable bonds is 6. The largest absolute Gasteiger partial charge is 0.573 e. The van der Waals surface area contributed by atoms with Crippen LogP contribution in [0.2, 0.25) is 0 Å². The summed E-state index contributed by atoms with van der Waals surface area (Å²) in [6.07, 6.45) is -3.18. The van der Waals surface area contributed by atoms with Crippen molar-refractivity contribution < 1.29 is 26.7 Å². The number of alkyl halides is 5. The van der Waals surface area contributed by atoms with Crippen LogP contribution in [0.15, 0.2) is 48.5 Å². The highest BCUT2D eigenvalue weighted by atomic mass is 19.4. The number of hydrogen-bond donors (Lipinski definition) is 2. The van der Waals surface area contributed by atoms with Crippen molar-refractivity contribution in [2.24, 2.45) is 0 Å². The standard InChI is InChI=1S/C21H23F5N2O/c1-20(22,23)16-9-10-18(29-21(24,25)26)15(12-16)13-28-17-8-5-11-27-19(17)14-6-3-2-4-7-14/h2-4,6-7,9-10,12,17,19,27-28H,5,8,11,13H2,1H3/t17-,19-/m0/s1. The first-order valence-corrected chi connectivity index (χ1v) is 9.42. The summed E-state index contributed by atoms with van der Waals surface area (Å²) in [5.41, 5.74) is 0.745. The average molecular weight is 414 g/mol. The van der Waals surface area contributed by atoms with Gasteiger partial charge in [0.05, 0.1) is 0 Å². The third kappa shape index (κ3) is 5.90. The molecule has 0 radical (unpaired) electrons. The fraction of sp³-hybridized carbons (Fsp3) is 0.429. The molecule has 2 aromatic rings. The van der Waals surface area contributed by atoms with Crippen molar-refractivity contribution in [3.05, 3.63) is 65.2 Å². The highest BCUT2D eigenvalue weighted by molar-refractivity contribution is 5.39. The van der Waals surface area contributed by atoms with Gasteiger partial charge in [-0.3, -0.25) is 0 Å². The lowest BCUT2D eigenvalue weighted by Gasteiger charge is -2.34. The fourth-order valence-electron chi connectivity index (χ4n) is 3.57. The van der Waals surface area contributed by atoms with E-state index < -0.39 is 18.0 Å². The SMILES string of the molecule is CC(F)(F)c1ccc(OC(F)(F)F)c(CN[C@H]2CCCN[C@H]2c2ccccc2)c1. The van der Waals surface area contributed by atoms with Crippen molar-refractivity contribution in [2.75, 3.05) is 6.54 Å². The molecule has 0 saturated carbocycles. The predicted octanol–water partition coefficient (Wildman–Crippen LogP) is 5.28. The van der Waals surface area contributed by atoms with Crippen molar-refractivity contribution in [3.8, 4) is 5.75 Å². The molecule has 1 aliphatic rings. The van der Waals surface area contributed by atoms with Crippen molar-refractivity contribution in [2.45, 2.75) is 50.7 Å². The third-order valence-electron chi connectivity index (χ3n) is 4.96. The van der Waals surface area contributed by atoms with Gasteiger partial charge in [0.1, 0.15) is 5.75 Å². The first-order chi connectivity index (χ1) is 13.6. The van der Waals surface area contributed by atoms with Gasteiger partial charge in [-0.2, -0.15) is 0 Å². The third-order valence-corrected chi connectivity index (χ3v) is 4.96. The molecule has 0 unspecified atom stereocenters. The predicted molar refractivity (Wildman–Crippen MR) is 99.7 cm³/mol. The van der Waals surface area contributed by atoms with Gasteiger partial charge in [0.25, 0.3) is 5.92 Å². The first-order valence-electron chi connectivity index (χ1n) is 9.42. The number of benzene rings is 2. The normalized spacial score (nSPS) is 20.5. The average Bonchev–Trinajstić information content (AvgIpc) is 2.66. The number of hydrogen-bond acceptors (Lipinski definition) is 3. The summed E-state index contributed by atoms with van der Waals surface area (Å²) < 4.78 is 69.6. The molecule has 1 saturated heterocycles. The van der Waals surface area contributed by atoms with Gasteiger partial charge in [-0.15, -0.1) is 13.2 Å². The lowest BCUT2D eigenvalue weighted by Crippen LogP contribution is -2.45. The zero-order valence-corrected chi connectivity index (χ0v) is 15.9. The van der Waals surface area contributed by atoms with E-state index in [1.54, 1.807) is 0 Å². The molecule has 158 valence electrons. The van der Waals surface area contributed by atoms with E-state index in [-0.39, 0.29) is 29.8 Å². The number of nitrogens with one attached hydrogen (secondary N) is 2. The number of piperidine rings is 1. The van der Waals surface area contributed by atoms with Crippen molar-refractivity contribution >= 4 is 0 Å². The van der Waals surface area contributed by atoms with E-state index in [2.05, 4.69) is 15.4 Å². The van der Waals surface area contributed by atoms with Gasteiger partial charge in [-0.1, -0.05) is 30.3 Å². The maximum absolute atomic E-state index is 13.7. The van der Waals surface area contributed by atoms with E-state index >= 15 is 0 Å². The summed E-state index contributed by atoms with van der Waals surface area (Å²) in [7, 11) is 0. The van der Waals surface area contributed by atoms with Crippen LogP contribution in [0, 0.1) is 0 Å². The van der Waals surface area contributed by atoms with Crippen LogP contribution in [0.25, 0.3) is 0 Å². The number of ether oxygens (including phenoxy) is 1. The minimum atomic E-state index is -4.90. The van der Waals surface area contributed by atoms with E-state index in [0.29, 0.717) is 6.92 Å². The lowest BCUT2D eigenvalue weighted by molar-refractivity contribution is -0.274. The van der Waals surface area contributed by atoms with E-state index in [0.717, 1.165) is 43.1 Å². The Morgan fingerprint density at radius 3 is 2.45 bits per heavy atom. The van der Waals surface area contributed by atoms with Crippen LogP contribution in [0.3, 0.4) is 0 Å². The van der Waals surface area contributed by atoms with Crippen LogP contribution >= 0.6 is 0 Å². The van der Waals surface area contributed by atoms with Crippen molar-refractivity contribution in [3.63, 3.8) is 0 Å². The topological polar surface area (TPSA) is 33.3 Å². The number of halogens is 5. The summed E-state index contributed by atoms with van der Waals surface area (Å²) in [4.78, 5) is 0. The minimum absolute atomic E-state index is 0.0206. The molecule has 2 N–H and O–H groups in total. The Balaban J connectivity index is 1.81. The van der Waals surface area contributed by atoms with E-state index in [9.17, 15) is 22.0 Å². The summed E-state index contributed by atoms with van der Waals surface area (Å²) in [6.45, 7) is 1.52. The monoisotopic (exact) mass is 414 g/mol. The minimum Gasteiger partial charge on any atom is -0.405 e. The molecule has 0 aromatic heterocycles. The van der Waals surface area contributed by atoms with Gasteiger partial charge < -0.3 is 15.4 Å². The second-order valence-corrected chi connectivity index (χ2v) is 7.23. The smallest absolute Gasteiger partial charge is 0.405 e. The van der Waals surface area contributed by atoms with Crippen molar-refractivity contribution in [1.82, 2.24) is 10.6 Å². The molecule has 2 atom stereocenters. The fourth-order valence-corrected chi connectivity index (χ4v) is 3.57. The van der Waals surface area contributed by atoms with Gasteiger partial charge in [-0.05, 0) is 43.1 Å². The zero-order valence-electron chi connectivity index (χ0n) is 15.9. The van der Waals surface area contributed by atoms with Gasteiger partial charge in [0, 0.05) is 36.7 Å². The molecule has 0 aliphatic carbocycles. The molecule has 0 bridgehead atoms. The van der Waals surface area contributed by atoms with Gasteiger partial charge in [0.2, 0.25) is 0 Å². The molecule has 8 heteroatoms. The van der Waals surface area contributed by atoms with Crippen molar-refractivity contribution in [1.29, 1.82) is 0 Å². The summed E-state index contributed by atoms with van der Waals surface area (Å²) >= 11 is 0. The molecule has 0 spiro atoms. The van der Waals surface area contributed by atoms with Crippen LogP contribution in [0.1, 0.15) is 42.5 Å². The van der Waals surface area contributed by atoms with E-state index in [4.69, 9.17) is 0 Å². The molecule has 29 heavy (non-hydrogen) atoms. The quantitative estimate of drug-likeness (QED) is 0.631. The van der Waals surface area contributed by atoms with Crippen LogP contribution in [0.5, 0.6) is 5.75 Å². The van der Waals surface area contributed by atoms with Crippen LogP contribution in [0.4, 0.5) is 22.0 Å². The highest BCUT2D eigenvalue weighted by Gasteiger charge is 2.33. The Hall–Kier alpha value is -2.19. The Labute approximate surface area is 166 Å². The van der Waals surface area contributed by atoms with Gasteiger partial charge >= 0.3 is 6.36 Å². The molecule has 3 rings (SSSR count). The van der Waals surface area contributed by atoms with Crippen LogP contribution in [-0.4, -0.2) is 18.9 Å². The molecular formula is C21H23F5N2O. The molecule has 2 aromatic carbocycles. The van der Waals surface area contributed by atoms with E-state index in [1.807, 2.05) is 30.3 Å². The molecule has 1 heterocycles. The maximum Gasteiger partial charge on any atom is 0.573 e. The molecule has 1 fully saturated rings. The second-order valence-electron chi connectivity index (χ2n) is 7.23. The second kappa shape index (κ2) is 8.67. The molecular weight excluding hydrogens is 391 g/mol. The van der Waals surface area contributed by atoms with Crippen LogP contribution in [-0.2, 0) is 12.5 Å². The Bertz CT molecular complexity index is 805. The summed E-state index contributed by atoms with van der Waals surface area (Å²) in [5, 5.41) is 6.65. The highest BCUT2D eigenvalue weighted by Crippen LogP contribution is 2.34. The summed E-state index contributed by atoms with van der Waals surface area (Å²) in [6, 6.07) is 12.6. The Kier molecular flexibility index (Phi) is 6.43. The zero-order chi connectivity index (χ0) is 21.1. The molecule has 0 amide bonds. The maximum atomic E-state index is 13.7. The first kappa shape index (κ1) is 21.5. The Morgan fingerprint density at radius 2 is 1.79 bits per heavy atom. The Morgan fingerprint density at radius 1 is 1.07 bits per heavy atom. The molecule has 1 aliphatic heterocycles. The van der Waals surface area contributed by atoms with Gasteiger partial charge in [0.15, 0.2) is 0 Å². The van der Waals surface area contributed by atoms with Gasteiger partial charge in [-0.25, -0.2) is 8.78 Å². The van der Waals surface area contributed by atoms with E-state index in [1.165, 1.54) is 0 Å². The summed E-state index contributed by atoms with van der Waals surface area (Å²) in [5.74, 6) is -3.64.